The molecule has 3 N–H and O–H groups in total. The predicted molar refractivity (Wildman–Crippen MR) is 228 cm³/mol. The Labute approximate surface area is 333 Å². The number of phosphoric acid groups is 1. The van der Waals surface area contributed by atoms with Gasteiger partial charge in [0.15, 0.2) is 6.10 Å². The van der Waals surface area contributed by atoms with E-state index in [1.165, 1.54) is 19.3 Å². The second-order valence-corrected chi connectivity index (χ2v) is 14.2. The molecule has 0 aromatic rings. The summed E-state index contributed by atoms with van der Waals surface area (Å²) in [5.41, 5.74) is 5.33. The fourth-order valence-corrected chi connectivity index (χ4v) is 5.43. The van der Waals surface area contributed by atoms with E-state index < -0.39 is 32.5 Å². The summed E-state index contributed by atoms with van der Waals surface area (Å²) in [5.74, 6) is -0.986. The largest absolute Gasteiger partial charge is 0.472 e. The lowest BCUT2D eigenvalue weighted by Gasteiger charge is -2.19. The molecule has 0 bridgehead atoms. The van der Waals surface area contributed by atoms with Gasteiger partial charge in [-0.3, -0.25) is 18.6 Å². The Hall–Kier alpha value is -3.33. The van der Waals surface area contributed by atoms with E-state index in [9.17, 15) is 19.0 Å². The lowest BCUT2D eigenvalue weighted by Crippen LogP contribution is -2.29. The Balaban J connectivity index is 4.41. The normalized spacial score (nSPS) is 14.5. The number of hydrogen-bond acceptors (Lipinski definition) is 8. The van der Waals surface area contributed by atoms with Crippen LogP contribution in [0.25, 0.3) is 0 Å². The van der Waals surface area contributed by atoms with E-state index in [1.807, 2.05) is 12.2 Å². The van der Waals surface area contributed by atoms with Crippen molar-refractivity contribution < 1.29 is 37.6 Å². The fraction of sp³-hybridized carbons (Fsp3) is 0.556. The maximum atomic E-state index is 12.5. The molecular formula is C45H72NO8P. The van der Waals surface area contributed by atoms with Crippen LogP contribution in [0, 0.1) is 0 Å². The molecular weight excluding hydrogens is 713 g/mol. The van der Waals surface area contributed by atoms with Crippen molar-refractivity contribution in [3.63, 3.8) is 0 Å². The fourth-order valence-electron chi connectivity index (χ4n) is 4.66. The van der Waals surface area contributed by atoms with E-state index >= 15 is 0 Å². The molecule has 10 heteroatoms. The van der Waals surface area contributed by atoms with Gasteiger partial charge in [-0.2, -0.15) is 0 Å². The van der Waals surface area contributed by atoms with Crippen molar-refractivity contribution in [1.82, 2.24) is 0 Å². The summed E-state index contributed by atoms with van der Waals surface area (Å²) in [6, 6.07) is 0. The molecule has 310 valence electrons. The van der Waals surface area contributed by atoms with Crippen LogP contribution in [-0.2, 0) is 32.7 Å². The molecule has 2 atom stereocenters. The minimum Gasteiger partial charge on any atom is -0.462 e. The van der Waals surface area contributed by atoms with E-state index in [0.29, 0.717) is 12.8 Å². The molecule has 0 radical (unpaired) electrons. The van der Waals surface area contributed by atoms with E-state index in [-0.39, 0.29) is 32.6 Å². The van der Waals surface area contributed by atoms with Gasteiger partial charge in [0.2, 0.25) is 0 Å². The van der Waals surface area contributed by atoms with Crippen LogP contribution in [-0.4, -0.2) is 49.3 Å². The first-order chi connectivity index (χ1) is 26.8. The second-order valence-electron chi connectivity index (χ2n) is 12.8. The average Bonchev–Trinajstić information content (AvgIpc) is 3.17. The molecule has 0 aliphatic heterocycles. The number of unbranched alkanes of at least 4 members (excludes halogenated alkanes) is 5. The Morgan fingerprint density at radius 3 is 1.49 bits per heavy atom. The third-order valence-electron chi connectivity index (χ3n) is 7.66. The van der Waals surface area contributed by atoms with Crippen LogP contribution in [0.1, 0.15) is 129 Å². The number of ether oxygens (including phenoxy) is 2. The minimum absolute atomic E-state index is 0.0312. The summed E-state index contributed by atoms with van der Waals surface area (Å²) < 4.78 is 32.6. The van der Waals surface area contributed by atoms with Crippen LogP contribution in [0.5, 0.6) is 0 Å². The smallest absolute Gasteiger partial charge is 0.462 e. The van der Waals surface area contributed by atoms with Gasteiger partial charge in [-0.05, 0) is 89.9 Å². The van der Waals surface area contributed by atoms with E-state index in [4.69, 9.17) is 24.3 Å². The van der Waals surface area contributed by atoms with Crippen LogP contribution in [0.4, 0.5) is 0 Å². The molecule has 9 nitrogen and oxygen atoms in total. The molecule has 0 saturated heterocycles. The molecule has 0 aliphatic carbocycles. The van der Waals surface area contributed by atoms with Gasteiger partial charge in [-0.1, -0.05) is 136 Å². The van der Waals surface area contributed by atoms with Crippen molar-refractivity contribution in [2.24, 2.45) is 5.73 Å². The quantitative estimate of drug-likeness (QED) is 0.0275. The Kier molecular flexibility index (Phi) is 37.9. The number of esters is 2. The average molecular weight is 786 g/mol. The molecule has 0 aliphatic rings. The van der Waals surface area contributed by atoms with Gasteiger partial charge < -0.3 is 20.1 Å². The summed E-state index contributed by atoms with van der Waals surface area (Å²) in [4.78, 5) is 34.8. The van der Waals surface area contributed by atoms with Crippen LogP contribution < -0.4 is 5.73 Å². The van der Waals surface area contributed by atoms with E-state index in [2.05, 4.69) is 111 Å². The second kappa shape index (κ2) is 40.3. The van der Waals surface area contributed by atoms with Crippen molar-refractivity contribution in [2.75, 3.05) is 26.4 Å². The van der Waals surface area contributed by atoms with Gasteiger partial charge in [0.05, 0.1) is 13.2 Å². The maximum absolute atomic E-state index is 12.5. The summed E-state index contributed by atoms with van der Waals surface area (Å²) >= 11 is 0. The Morgan fingerprint density at radius 1 is 0.564 bits per heavy atom. The molecule has 0 saturated carbocycles. The highest BCUT2D eigenvalue weighted by Gasteiger charge is 2.25. The molecule has 0 spiro atoms. The van der Waals surface area contributed by atoms with Gasteiger partial charge in [0, 0.05) is 19.4 Å². The van der Waals surface area contributed by atoms with Crippen molar-refractivity contribution in [1.29, 1.82) is 0 Å². The highest BCUT2D eigenvalue weighted by molar-refractivity contribution is 7.47. The van der Waals surface area contributed by atoms with Crippen molar-refractivity contribution in [3.05, 3.63) is 109 Å². The lowest BCUT2D eigenvalue weighted by molar-refractivity contribution is -0.161. The SMILES string of the molecule is CC/C=C\C/C=C\C/C=C\C/C=C\C/C=C\C/C=C\CCC(=O)OC[C@H](COP(=O)(O)OCCN)OC(=O)CCCC/C=C\C/C=C\C/C=C\CCCCC. The third-order valence-corrected chi connectivity index (χ3v) is 8.64. The highest BCUT2D eigenvalue weighted by atomic mass is 31.2. The number of carbonyl (C=O) groups is 2. The molecule has 0 aromatic heterocycles. The third kappa shape index (κ3) is 40.2. The molecule has 0 amide bonds. The molecule has 1 unspecified atom stereocenters. The van der Waals surface area contributed by atoms with Gasteiger partial charge in [0.1, 0.15) is 6.61 Å². The van der Waals surface area contributed by atoms with Crippen LogP contribution in [0.3, 0.4) is 0 Å². The highest BCUT2D eigenvalue weighted by Crippen LogP contribution is 2.43. The first kappa shape index (κ1) is 51.7. The number of hydrogen-bond donors (Lipinski definition) is 2. The Bertz CT molecular complexity index is 1260. The molecule has 0 fully saturated rings. The summed E-state index contributed by atoms with van der Waals surface area (Å²) in [7, 11) is -4.41. The zero-order chi connectivity index (χ0) is 40.3. The van der Waals surface area contributed by atoms with Gasteiger partial charge in [0.25, 0.3) is 0 Å². The van der Waals surface area contributed by atoms with E-state index in [1.54, 1.807) is 0 Å². The molecule has 0 rings (SSSR count). The van der Waals surface area contributed by atoms with Crippen molar-refractivity contribution in [3.8, 4) is 0 Å². The van der Waals surface area contributed by atoms with Crippen LogP contribution in [0.2, 0.25) is 0 Å². The number of phosphoric ester groups is 1. The molecule has 0 heterocycles. The lowest BCUT2D eigenvalue weighted by atomic mass is 10.1. The predicted octanol–water partition coefficient (Wildman–Crippen LogP) is 11.6. The van der Waals surface area contributed by atoms with Crippen molar-refractivity contribution >= 4 is 19.8 Å². The van der Waals surface area contributed by atoms with Gasteiger partial charge >= 0.3 is 19.8 Å². The van der Waals surface area contributed by atoms with Crippen LogP contribution in [0.15, 0.2) is 109 Å². The minimum atomic E-state index is -4.41. The van der Waals surface area contributed by atoms with Gasteiger partial charge in [-0.25, -0.2) is 4.57 Å². The summed E-state index contributed by atoms with van der Waals surface area (Å²) in [6.45, 7) is 3.42. The number of carbonyl (C=O) groups excluding carboxylic acids is 2. The summed E-state index contributed by atoms with van der Waals surface area (Å²) in [5, 5.41) is 0. The first-order valence-electron chi connectivity index (χ1n) is 20.4. The first-order valence-corrected chi connectivity index (χ1v) is 21.9. The topological polar surface area (TPSA) is 134 Å². The van der Waals surface area contributed by atoms with Crippen molar-refractivity contribution in [2.45, 2.75) is 136 Å². The molecule has 55 heavy (non-hydrogen) atoms. The summed E-state index contributed by atoms with van der Waals surface area (Å²) in [6.07, 6.45) is 52.8. The zero-order valence-corrected chi connectivity index (χ0v) is 34.7. The Morgan fingerprint density at radius 2 is 1.02 bits per heavy atom. The molecule has 0 aromatic carbocycles. The maximum Gasteiger partial charge on any atom is 0.472 e. The number of nitrogens with two attached hydrogens (primary N) is 1. The zero-order valence-electron chi connectivity index (χ0n) is 33.9. The van der Waals surface area contributed by atoms with Crippen LogP contribution >= 0.6 is 7.82 Å². The number of allylic oxidation sites excluding steroid dienone is 18. The standard InChI is InChI=1S/C45H72NO8P/c1-3-5-7-9-11-13-15-17-19-20-21-22-24-25-27-29-31-33-35-37-44(47)51-41-43(42-53-55(49,50)52-40-39-46)54-45(48)38-36-34-32-30-28-26-23-18-16-14-12-10-8-6-4-2/h5,7,11-14,17-19,21-23,25,27-28,30-31,33,43H,3-4,6,8-10,15-16,20,24,26,29,32,34-42,46H2,1-2H3,(H,49,50)/b7-5-,13-11-,14-12-,19-17-,22-21-,23-18-,27-25-,30-28-,33-31-/t43-/m1/s1. The van der Waals surface area contributed by atoms with Gasteiger partial charge in [-0.15, -0.1) is 0 Å². The monoisotopic (exact) mass is 785 g/mol. The van der Waals surface area contributed by atoms with E-state index in [0.717, 1.165) is 70.6 Å². The number of rotatable bonds is 36.